The number of benzene rings is 2. The molecule has 1 saturated carbocycles. The molecule has 186 valence electrons. The summed E-state index contributed by atoms with van der Waals surface area (Å²) in [7, 11) is 2.13. The number of hydrogen-bond acceptors (Lipinski definition) is 5. The van der Waals surface area contributed by atoms with Crippen LogP contribution in [0.15, 0.2) is 79.1 Å². The Kier molecular flexibility index (Phi) is 5.32. The first kappa shape index (κ1) is 22.5. The molecule has 2 fully saturated rings. The van der Waals surface area contributed by atoms with E-state index in [9.17, 15) is 0 Å². The van der Waals surface area contributed by atoms with Crippen molar-refractivity contribution in [2.24, 2.45) is 5.73 Å². The van der Waals surface area contributed by atoms with Gasteiger partial charge < -0.3 is 15.4 Å². The van der Waals surface area contributed by atoms with Crippen LogP contribution < -0.4 is 10.1 Å². The summed E-state index contributed by atoms with van der Waals surface area (Å²) in [6.07, 6.45) is 7.19. The maximum atomic E-state index is 6.61. The third-order valence-corrected chi connectivity index (χ3v) is 8.02. The van der Waals surface area contributed by atoms with Crippen molar-refractivity contribution in [2.75, 3.05) is 26.7 Å². The zero-order valence-electron chi connectivity index (χ0n) is 21.0. The molecule has 1 aliphatic carbocycles. The molecule has 3 aromatic heterocycles. The zero-order chi connectivity index (χ0) is 25.0. The van der Waals surface area contributed by atoms with Crippen molar-refractivity contribution in [1.29, 1.82) is 0 Å². The minimum absolute atomic E-state index is 0.114. The van der Waals surface area contributed by atoms with E-state index in [0.717, 1.165) is 65.1 Å². The highest BCUT2D eigenvalue weighted by Crippen LogP contribution is 2.39. The summed E-state index contributed by atoms with van der Waals surface area (Å²) in [4.78, 5) is 7.13. The van der Waals surface area contributed by atoms with E-state index in [1.165, 1.54) is 12.0 Å². The van der Waals surface area contributed by atoms with Gasteiger partial charge in [0.1, 0.15) is 5.69 Å². The van der Waals surface area contributed by atoms with Gasteiger partial charge in [0.15, 0.2) is 6.10 Å². The van der Waals surface area contributed by atoms with Crippen molar-refractivity contribution in [3.05, 3.63) is 90.5 Å². The van der Waals surface area contributed by atoms with Crippen LogP contribution in [0.4, 0.5) is 0 Å². The lowest BCUT2D eigenvalue weighted by molar-refractivity contribution is -0.528. The molecular weight excluding hydrogens is 460 g/mol. The van der Waals surface area contributed by atoms with Crippen LogP contribution in [-0.2, 0) is 10.3 Å². The molecule has 2 aliphatic rings. The van der Waals surface area contributed by atoms with Gasteiger partial charge in [0, 0.05) is 30.4 Å². The van der Waals surface area contributed by atoms with E-state index in [0.29, 0.717) is 6.61 Å². The van der Waals surface area contributed by atoms with Gasteiger partial charge in [-0.3, -0.25) is 4.98 Å². The summed E-state index contributed by atoms with van der Waals surface area (Å²) in [6.45, 7) is 2.42. The number of likely N-dealkylation sites (N-methyl/N-ethyl adjacent to an activating group) is 1. The van der Waals surface area contributed by atoms with E-state index < -0.39 is 0 Å². The molecule has 2 aromatic carbocycles. The maximum Gasteiger partial charge on any atom is 0.313 e. The molecule has 1 atom stereocenters. The fourth-order valence-electron chi connectivity index (χ4n) is 5.63. The predicted octanol–water partition coefficient (Wildman–Crippen LogP) is 4.17. The van der Waals surface area contributed by atoms with E-state index >= 15 is 0 Å². The predicted molar refractivity (Wildman–Crippen MR) is 143 cm³/mol. The Morgan fingerprint density at radius 2 is 1.84 bits per heavy atom. The van der Waals surface area contributed by atoms with E-state index in [-0.39, 0.29) is 11.6 Å². The molecule has 0 bridgehead atoms. The van der Waals surface area contributed by atoms with Crippen LogP contribution in [0, 0.1) is 0 Å². The second kappa shape index (κ2) is 8.73. The van der Waals surface area contributed by atoms with Crippen LogP contribution in [-0.4, -0.2) is 46.4 Å². The number of rotatable bonds is 4. The summed E-state index contributed by atoms with van der Waals surface area (Å²) >= 11 is 0. The van der Waals surface area contributed by atoms with Gasteiger partial charge in [0.25, 0.3) is 5.65 Å². The van der Waals surface area contributed by atoms with Gasteiger partial charge in [-0.05, 0) is 61.7 Å². The number of morpholine rings is 1. The molecular formula is C30H31N6O+. The second-order valence-electron chi connectivity index (χ2n) is 10.5. The molecule has 7 heteroatoms. The minimum Gasteiger partial charge on any atom is -0.364 e. The number of ether oxygens (including phenoxy) is 1. The number of nitrogens with zero attached hydrogens (tertiary/aromatic N) is 5. The average Bonchev–Trinajstić information content (AvgIpc) is 3.32. The smallest absolute Gasteiger partial charge is 0.313 e. The number of hydrogen-bond donors (Lipinski definition) is 1. The first-order valence-electron chi connectivity index (χ1n) is 13.1. The molecule has 0 amide bonds. The number of nitrogens with two attached hydrogens (primary N) is 1. The number of pyridine rings is 2. The Hall–Kier alpha value is -3.65. The van der Waals surface area contributed by atoms with Gasteiger partial charge in [-0.1, -0.05) is 47.1 Å². The lowest BCUT2D eigenvalue weighted by atomic mass is 9.73. The normalized spacial score (nSPS) is 19.8. The number of aromatic nitrogens is 4. The van der Waals surface area contributed by atoms with Gasteiger partial charge in [0.2, 0.25) is 0 Å². The molecule has 7 rings (SSSR count). The van der Waals surface area contributed by atoms with Crippen molar-refractivity contribution in [2.45, 2.75) is 30.9 Å². The highest BCUT2D eigenvalue weighted by atomic mass is 16.5. The fraction of sp³-hybridized carbons (Fsp3) is 0.300. The van der Waals surface area contributed by atoms with Gasteiger partial charge in [-0.15, -0.1) is 0 Å². The summed E-state index contributed by atoms with van der Waals surface area (Å²) in [5.41, 5.74) is 12.7. The Balaban J connectivity index is 1.44. The molecule has 0 radical (unpaired) electrons. The van der Waals surface area contributed by atoms with E-state index in [1.807, 2.05) is 16.9 Å². The molecule has 1 unspecified atom stereocenters. The molecule has 2 N–H and O–H groups in total. The fourth-order valence-corrected chi connectivity index (χ4v) is 5.63. The maximum absolute atomic E-state index is 6.61. The van der Waals surface area contributed by atoms with E-state index in [4.69, 9.17) is 20.6 Å². The Morgan fingerprint density at radius 3 is 2.57 bits per heavy atom. The van der Waals surface area contributed by atoms with Gasteiger partial charge in [-0.25, -0.2) is 0 Å². The van der Waals surface area contributed by atoms with Crippen LogP contribution in [0.1, 0.15) is 36.8 Å². The first-order chi connectivity index (χ1) is 18.1. The molecule has 5 aromatic rings. The van der Waals surface area contributed by atoms with Crippen molar-refractivity contribution < 1.29 is 9.14 Å². The lowest BCUT2D eigenvalue weighted by Gasteiger charge is -2.38. The zero-order valence-corrected chi connectivity index (χ0v) is 21.0. The quantitative estimate of drug-likeness (QED) is 0.382. The standard InChI is InChI=1S/C30H31N6O/c1-34-16-17-37-27(20-34)28-33-36(24-10-8-23(9-11-24)30(31)13-5-14-30)29-25-18-22(21-6-3-2-4-7-21)19-32-26(25)12-15-35(28)29/h2-4,6-12,15,18-19,27H,5,13-14,16-17,20,31H2,1H3/q+1. The average molecular weight is 492 g/mol. The lowest BCUT2D eigenvalue weighted by Crippen LogP contribution is -2.43. The van der Waals surface area contributed by atoms with Crippen LogP contribution in [0.25, 0.3) is 33.4 Å². The van der Waals surface area contributed by atoms with Gasteiger partial charge in [-0.2, -0.15) is 4.40 Å². The third-order valence-electron chi connectivity index (χ3n) is 8.02. The second-order valence-corrected chi connectivity index (χ2v) is 10.5. The summed E-state index contributed by atoms with van der Waals surface area (Å²) in [5.74, 6) is 0.895. The Labute approximate surface area is 216 Å². The summed E-state index contributed by atoms with van der Waals surface area (Å²) < 4.78 is 10.4. The highest BCUT2D eigenvalue weighted by molar-refractivity contribution is 5.92. The molecule has 4 heterocycles. The SMILES string of the molecule is CN1CCOC(c2nn(-c3ccc(C4(N)CCC4)cc3)c3c4cc(-c5ccccc5)cnc4cc[n+]23)C1. The van der Waals surface area contributed by atoms with Crippen molar-refractivity contribution in [1.82, 2.24) is 19.7 Å². The first-order valence-corrected chi connectivity index (χ1v) is 13.1. The molecule has 37 heavy (non-hydrogen) atoms. The Morgan fingerprint density at radius 1 is 1.03 bits per heavy atom. The van der Waals surface area contributed by atoms with Crippen LogP contribution >= 0.6 is 0 Å². The van der Waals surface area contributed by atoms with E-state index in [1.54, 1.807) is 0 Å². The topological polar surface area (TPSA) is 73.3 Å². The van der Waals surface area contributed by atoms with Crippen LogP contribution in [0.5, 0.6) is 0 Å². The highest BCUT2D eigenvalue weighted by Gasteiger charge is 2.35. The van der Waals surface area contributed by atoms with Crippen LogP contribution in [0.2, 0.25) is 0 Å². The van der Waals surface area contributed by atoms with Crippen LogP contribution in [0.3, 0.4) is 0 Å². The number of fused-ring (bicyclic) bond motifs is 3. The van der Waals surface area contributed by atoms with Crippen molar-refractivity contribution in [3.8, 4) is 16.8 Å². The molecule has 7 nitrogen and oxygen atoms in total. The third kappa shape index (κ3) is 3.82. The Bertz CT molecular complexity index is 1590. The molecule has 0 spiro atoms. The van der Waals surface area contributed by atoms with Gasteiger partial charge in [0.05, 0.1) is 28.8 Å². The molecule has 1 aliphatic heterocycles. The largest absolute Gasteiger partial charge is 0.364 e. The summed E-state index contributed by atoms with van der Waals surface area (Å²) in [5, 5.41) is 6.21. The van der Waals surface area contributed by atoms with Crippen molar-refractivity contribution >= 4 is 16.6 Å². The van der Waals surface area contributed by atoms with E-state index in [2.05, 4.69) is 83.2 Å². The van der Waals surface area contributed by atoms with Gasteiger partial charge >= 0.3 is 5.82 Å². The van der Waals surface area contributed by atoms with Crippen molar-refractivity contribution in [3.63, 3.8) is 0 Å². The minimum atomic E-state index is -0.188. The monoisotopic (exact) mass is 491 g/mol. The molecule has 1 saturated heterocycles. The summed E-state index contributed by atoms with van der Waals surface area (Å²) in [6, 6.07) is 23.3.